The Morgan fingerprint density at radius 2 is 1.77 bits per heavy atom. The van der Waals surface area contributed by atoms with Crippen molar-refractivity contribution in [3.05, 3.63) is 60.2 Å². The molecule has 160 valence electrons. The molecule has 1 fully saturated rings. The van der Waals surface area contributed by atoms with Crippen LogP contribution < -0.4 is 10.0 Å². The lowest BCUT2D eigenvalue weighted by Gasteiger charge is -2.31. The zero-order valence-electron chi connectivity index (χ0n) is 16.7. The average molecular weight is 432 g/mol. The van der Waals surface area contributed by atoms with Gasteiger partial charge in [-0.2, -0.15) is 0 Å². The molecule has 0 radical (unpaired) electrons. The Hall–Kier alpha value is -3.07. The topological polar surface area (TPSA) is 105 Å². The minimum Gasteiger partial charge on any atom is -0.450 e. The van der Waals surface area contributed by atoms with Gasteiger partial charge in [-0.25, -0.2) is 13.2 Å². The van der Waals surface area contributed by atoms with E-state index in [9.17, 15) is 18.0 Å². The van der Waals surface area contributed by atoms with Gasteiger partial charge < -0.3 is 15.0 Å². The molecule has 0 bridgehead atoms. The monoisotopic (exact) mass is 431 g/mol. The molecule has 1 heterocycles. The summed E-state index contributed by atoms with van der Waals surface area (Å²) in [4.78, 5) is 26.2. The van der Waals surface area contributed by atoms with Crippen LogP contribution in [0.15, 0.2) is 59.5 Å². The molecule has 2 amide bonds. The minimum absolute atomic E-state index is 0.0622. The fraction of sp³-hybridized carbons (Fsp3) is 0.333. The Labute approximate surface area is 176 Å². The van der Waals surface area contributed by atoms with Gasteiger partial charge >= 0.3 is 6.09 Å². The van der Waals surface area contributed by atoms with E-state index < -0.39 is 10.0 Å². The molecule has 1 aliphatic heterocycles. The second kappa shape index (κ2) is 9.62. The van der Waals surface area contributed by atoms with Gasteiger partial charge in [0.15, 0.2) is 0 Å². The summed E-state index contributed by atoms with van der Waals surface area (Å²) in [6.07, 6.45) is 0.927. The van der Waals surface area contributed by atoms with Crippen molar-refractivity contribution in [1.82, 2.24) is 10.2 Å². The summed E-state index contributed by atoms with van der Waals surface area (Å²) in [5.74, 6) is -0.287. The fourth-order valence-electron chi connectivity index (χ4n) is 3.23. The van der Waals surface area contributed by atoms with Gasteiger partial charge in [-0.1, -0.05) is 24.3 Å². The summed E-state index contributed by atoms with van der Waals surface area (Å²) in [7, 11) is -3.73. The number of likely N-dealkylation sites (tertiary alicyclic amines) is 1. The van der Waals surface area contributed by atoms with E-state index in [0.29, 0.717) is 43.8 Å². The van der Waals surface area contributed by atoms with Gasteiger partial charge in [0.05, 0.1) is 11.5 Å². The first-order chi connectivity index (χ1) is 14.4. The predicted molar refractivity (Wildman–Crippen MR) is 113 cm³/mol. The van der Waals surface area contributed by atoms with E-state index in [1.165, 1.54) is 18.2 Å². The highest BCUT2D eigenvalue weighted by molar-refractivity contribution is 7.92. The molecule has 0 aromatic heterocycles. The Kier molecular flexibility index (Phi) is 6.94. The molecule has 0 atom stereocenters. The molecule has 1 saturated heterocycles. The molecule has 0 aliphatic carbocycles. The van der Waals surface area contributed by atoms with Crippen LogP contribution in [0.3, 0.4) is 0 Å². The highest BCUT2D eigenvalue weighted by atomic mass is 32.2. The van der Waals surface area contributed by atoms with Crippen molar-refractivity contribution < 1.29 is 22.7 Å². The van der Waals surface area contributed by atoms with Crippen molar-refractivity contribution >= 4 is 27.7 Å². The Morgan fingerprint density at radius 3 is 2.43 bits per heavy atom. The highest BCUT2D eigenvalue weighted by Gasteiger charge is 2.25. The van der Waals surface area contributed by atoms with Crippen LogP contribution in [0.5, 0.6) is 0 Å². The number of benzene rings is 2. The van der Waals surface area contributed by atoms with Crippen molar-refractivity contribution in [1.29, 1.82) is 0 Å². The minimum atomic E-state index is -3.73. The van der Waals surface area contributed by atoms with Gasteiger partial charge in [0.1, 0.15) is 0 Å². The van der Waals surface area contributed by atoms with Crippen LogP contribution in [-0.2, 0) is 14.8 Å². The maximum Gasteiger partial charge on any atom is 0.409 e. The third-order valence-electron chi connectivity index (χ3n) is 4.79. The molecule has 9 heteroatoms. The van der Waals surface area contributed by atoms with Gasteiger partial charge in [0.2, 0.25) is 0 Å². The van der Waals surface area contributed by atoms with E-state index in [1.54, 1.807) is 48.2 Å². The predicted octanol–water partition coefficient (Wildman–Crippen LogP) is 2.84. The number of hydrogen-bond acceptors (Lipinski definition) is 5. The number of ether oxygens (including phenoxy) is 1. The lowest BCUT2D eigenvalue weighted by molar-refractivity contribution is 0.0860. The highest BCUT2D eigenvalue weighted by Crippen LogP contribution is 2.18. The molecule has 0 spiro atoms. The van der Waals surface area contributed by atoms with E-state index in [-0.39, 0.29) is 22.9 Å². The van der Waals surface area contributed by atoms with Crippen molar-refractivity contribution in [2.75, 3.05) is 24.4 Å². The third-order valence-corrected chi connectivity index (χ3v) is 6.18. The standard InChI is InChI=1S/C21H25N3O5S/c1-2-29-21(26)24-13-11-17(12-14-24)22-20(25)16-7-6-8-18(15-16)23-30(27,28)19-9-4-3-5-10-19/h3-10,15,17,23H,2,11-14H2,1H3,(H,22,25). The number of nitrogens with one attached hydrogen (secondary N) is 2. The van der Waals surface area contributed by atoms with Gasteiger partial charge in [-0.05, 0) is 50.1 Å². The SMILES string of the molecule is CCOC(=O)N1CCC(NC(=O)c2cccc(NS(=O)(=O)c3ccccc3)c2)CC1. The molecule has 0 unspecified atom stereocenters. The number of amides is 2. The first kappa shape index (κ1) is 21.6. The zero-order valence-corrected chi connectivity index (χ0v) is 17.5. The van der Waals surface area contributed by atoms with E-state index in [2.05, 4.69) is 10.0 Å². The van der Waals surface area contributed by atoms with Crippen LogP contribution in [0.2, 0.25) is 0 Å². The van der Waals surface area contributed by atoms with Crippen LogP contribution in [0.25, 0.3) is 0 Å². The third kappa shape index (κ3) is 5.50. The number of sulfonamides is 1. The Morgan fingerprint density at radius 1 is 1.07 bits per heavy atom. The van der Waals surface area contributed by atoms with E-state index in [4.69, 9.17) is 4.74 Å². The maximum atomic E-state index is 12.6. The quantitative estimate of drug-likeness (QED) is 0.732. The summed E-state index contributed by atoms with van der Waals surface area (Å²) in [5.41, 5.74) is 0.666. The first-order valence-corrected chi connectivity index (χ1v) is 11.3. The number of carbonyl (C=O) groups excluding carboxylic acids is 2. The van der Waals surface area contributed by atoms with Gasteiger partial charge in [0.25, 0.3) is 15.9 Å². The van der Waals surface area contributed by atoms with Gasteiger partial charge in [0, 0.05) is 30.4 Å². The lowest BCUT2D eigenvalue weighted by Crippen LogP contribution is -2.46. The number of rotatable bonds is 6. The molecule has 2 N–H and O–H groups in total. The molecule has 2 aromatic rings. The van der Waals surface area contributed by atoms with Crippen LogP contribution in [0, 0.1) is 0 Å². The molecular weight excluding hydrogens is 406 g/mol. The van der Waals surface area contributed by atoms with Crippen molar-refractivity contribution in [2.45, 2.75) is 30.7 Å². The molecule has 3 rings (SSSR count). The van der Waals surface area contributed by atoms with Gasteiger partial charge in [-0.15, -0.1) is 0 Å². The number of piperidine rings is 1. The smallest absolute Gasteiger partial charge is 0.409 e. The zero-order chi connectivity index (χ0) is 21.6. The second-order valence-electron chi connectivity index (χ2n) is 6.93. The Bertz CT molecular complexity index is 987. The van der Waals surface area contributed by atoms with Crippen LogP contribution in [-0.4, -0.2) is 51.1 Å². The normalized spacial score (nSPS) is 14.8. The largest absolute Gasteiger partial charge is 0.450 e. The van der Waals surface area contributed by atoms with E-state index in [0.717, 1.165) is 0 Å². The molecule has 2 aromatic carbocycles. The molecule has 8 nitrogen and oxygen atoms in total. The van der Waals surface area contributed by atoms with E-state index >= 15 is 0 Å². The number of nitrogens with zero attached hydrogens (tertiary/aromatic N) is 1. The van der Waals surface area contributed by atoms with Crippen molar-refractivity contribution in [2.24, 2.45) is 0 Å². The first-order valence-electron chi connectivity index (χ1n) is 9.79. The number of anilines is 1. The van der Waals surface area contributed by atoms with Crippen LogP contribution in [0.1, 0.15) is 30.1 Å². The summed E-state index contributed by atoms with van der Waals surface area (Å²) in [5, 5.41) is 2.95. The van der Waals surface area contributed by atoms with Crippen LogP contribution >= 0.6 is 0 Å². The second-order valence-corrected chi connectivity index (χ2v) is 8.62. The van der Waals surface area contributed by atoms with E-state index in [1.807, 2.05) is 0 Å². The lowest BCUT2D eigenvalue weighted by atomic mass is 10.0. The summed E-state index contributed by atoms with van der Waals surface area (Å²) >= 11 is 0. The van der Waals surface area contributed by atoms with Crippen LogP contribution in [0.4, 0.5) is 10.5 Å². The summed E-state index contributed by atoms with van der Waals surface area (Å²) < 4.78 is 32.4. The van der Waals surface area contributed by atoms with Gasteiger partial charge in [-0.3, -0.25) is 9.52 Å². The van der Waals surface area contributed by atoms with Crippen molar-refractivity contribution in [3.8, 4) is 0 Å². The summed E-state index contributed by atoms with van der Waals surface area (Å²) in [6, 6.07) is 14.3. The average Bonchev–Trinajstić information content (AvgIpc) is 2.75. The molecule has 0 saturated carbocycles. The fourth-order valence-corrected chi connectivity index (χ4v) is 4.30. The molecule has 1 aliphatic rings. The maximum absolute atomic E-state index is 12.6. The molecular formula is C21H25N3O5S. The number of carbonyl (C=O) groups is 2. The molecule has 30 heavy (non-hydrogen) atoms. The number of hydrogen-bond donors (Lipinski definition) is 2. The summed E-state index contributed by atoms with van der Waals surface area (Å²) in [6.45, 7) is 3.13. The van der Waals surface area contributed by atoms with Crippen molar-refractivity contribution in [3.63, 3.8) is 0 Å². The Balaban J connectivity index is 1.60.